The van der Waals surface area contributed by atoms with Crippen LogP contribution in [0.25, 0.3) is 0 Å². The maximum atomic E-state index is 12.4. The minimum Gasteiger partial charge on any atom is -0.337 e. The third-order valence-corrected chi connectivity index (χ3v) is 4.94. The highest BCUT2D eigenvalue weighted by Crippen LogP contribution is 2.15. The number of nitrogens with zero attached hydrogens (tertiary/aromatic N) is 4. The first-order valence-corrected chi connectivity index (χ1v) is 9.87. The van der Waals surface area contributed by atoms with Gasteiger partial charge >= 0.3 is 6.03 Å². The second-order valence-corrected chi connectivity index (χ2v) is 6.97. The summed E-state index contributed by atoms with van der Waals surface area (Å²) in [5, 5.41) is 9.79. The second kappa shape index (κ2) is 9.27. The van der Waals surface area contributed by atoms with Gasteiger partial charge in [0.05, 0.1) is 17.2 Å². The van der Waals surface area contributed by atoms with E-state index in [1.807, 2.05) is 37.4 Å². The molecule has 1 N–H and O–H groups in total. The summed E-state index contributed by atoms with van der Waals surface area (Å²) in [6.45, 7) is 5.11. The molecule has 1 aromatic carbocycles. The van der Waals surface area contributed by atoms with Crippen molar-refractivity contribution in [1.82, 2.24) is 25.3 Å². The third-order valence-electron chi connectivity index (χ3n) is 4.04. The molecule has 0 saturated heterocycles. The minimum atomic E-state index is -0.175. The molecule has 0 saturated carbocycles. The number of hydrogen-bond donors (Lipinski definition) is 1. The fourth-order valence-electron chi connectivity index (χ4n) is 2.55. The summed E-state index contributed by atoms with van der Waals surface area (Å²) in [6.07, 6.45) is 1.51. The molecule has 142 valence electrons. The van der Waals surface area contributed by atoms with Crippen molar-refractivity contribution in [2.45, 2.75) is 39.8 Å². The lowest BCUT2D eigenvalue weighted by Gasteiger charge is -2.19. The van der Waals surface area contributed by atoms with Crippen LogP contribution < -0.4 is 5.32 Å². The van der Waals surface area contributed by atoms with Crippen LogP contribution in [-0.2, 0) is 25.9 Å². The van der Waals surface area contributed by atoms with Crippen LogP contribution in [0.2, 0.25) is 0 Å². The highest BCUT2D eigenvalue weighted by Gasteiger charge is 2.16. The Kier molecular flexibility index (Phi) is 6.54. The highest BCUT2D eigenvalue weighted by atomic mass is 32.1. The number of carbonyl (C=O) groups excluding carboxylic acids is 1. The molecule has 2 amide bonds. The van der Waals surface area contributed by atoms with Crippen molar-refractivity contribution in [3.63, 3.8) is 0 Å². The lowest BCUT2D eigenvalue weighted by molar-refractivity contribution is 0.189. The molecule has 0 fully saturated rings. The second-order valence-electron chi connectivity index (χ2n) is 6.03. The number of aryl methyl sites for hydroxylation is 1. The molecule has 2 aromatic heterocycles. The van der Waals surface area contributed by atoms with Gasteiger partial charge in [0.25, 0.3) is 0 Å². The summed E-state index contributed by atoms with van der Waals surface area (Å²) < 4.78 is 5.17. The predicted molar refractivity (Wildman–Crippen MR) is 103 cm³/mol. The molecule has 3 rings (SSSR count). The number of urea groups is 1. The molecular weight excluding hydrogens is 362 g/mol. The lowest BCUT2D eigenvalue weighted by atomic mass is 10.2. The van der Waals surface area contributed by atoms with E-state index in [1.165, 1.54) is 5.56 Å². The predicted octanol–water partition coefficient (Wildman–Crippen LogP) is 3.41. The summed E-state index contributed by atoms with van der Waals surface area (Å²) in [5.74, 6) is 1.09. The van der Waals surface area contributed by atoms with Gasteiger partial charge in [-0.15, -0.1) is 11.3 Å². The molecule has 0 aliphatic rings. The zero-order valence-corrected chi connectivity index (χ0v) is 16.3. The monoisotopic (exact) mass is 385 g/mol. The third kappa shape index (κ3) is 5.37. The first-order chi connectivity index (χ1) is 13.2. The van der Waals surface area contributed by atoms with Crippen molar-refractivity contribution in [1.29, 1.82) is 0 Å². The average Bonchev–Trinajstić information content (AvgIpc) is 3.34. The summed E-state index contributed by atoms with van der Waals surface area (Å²) in [5.41, 5.74) is 2.09. The van der Waals surface area contributed by atoms with Gasteiger partial charge < -0.3 is 14.7 Å². The molecule has 0 bridgehead atoms. The quantitative estimate of drug-likeness (QED) is 0.642. The maximum absolute atomic E-state index is 12.4. The molecule has 8 heteroatoms. The number of carbonyl (C=O) groups is 1. The molecule has 0 atom stereocenters. The first kappa shape index (κ1) is 19.0. The fraction of sp³-hybridized carbons (Fsp3) is 0.368. The number of thiazole rings is 1. The number of benzene rings is 1. The van der Waals surface area contributed by atoms with Gasteiger partial charge in [-0.2, -0.15) is 4.98 Å². The number of amides is 2. The van der Waals surface area contributed by atoms with E-state index in [0.29, 0.717) is 37.8 Å². The Morgan fingerprint density at radius 3 is 2.74 bits per heavy atom. The minimum absolute atomic E-state index is 0.175. The van der Waals surface area contributed by atoms with Crippen LogP contribution in [0.15, 0.2) is 40.2 Å². The van der Waals surface area contributed by atoms with Crippen molar-refractivity contribution in [2.24, 2.45) is 0 Å². The van der Waals surface area contributed by atoms with Crippen molar-refractivity contribution < 1.29 is 9.32 Å². The van der Waals surface area contributed by atoms with E-state index < -0.39 is 0 Å². The van der Waals surface area contributed by atoms with Gasteiger partial charge in [0, 0.05) is 24.8 Å². The number of nitrogens with one attached hydrogen (secondary N) is 1. The van der Waals surface area contributed by atoms with Gasteiger partial charge in [0.1, 0.15) is 6.54 Å². The van der Waals surface area contributed by atoms with E-state index in [2.05, 4.69) is 32.6 Å². The van der Waals surface area contributed by atoms with Crippen LogP contribution >= 0.6 is 11.3 Å². The van der Waals surface area contributed by atoms with Gasteiger partial charge in [0.2, 0.25) is 5.89 Å². The van der Waals surface area contributed by atoms with Crippen LogP contribution in [0.1, 0.15) is 41.8 Å². The molecule has 2 heterocycles. The van der Waals surface area contributed by atoms with E-state index in [-0.39, 0.29) is 6.03 Å². The normalized spacial score (nSPS) is 10.7. The Labute approximate surface area is 162 Å². The van der Waals surface area contributed by atoms with E-state index in [1.54, 1.807) is 16.2 Å². The zero-order valence-electron chi connectivity index (χ0n) is 15.5. The Morgan fingerprint density at radius 2 is 2.04 bits per heavy atom. The molecule has 0 spiro atoms. The van der Waals surface area contributed by atoms with Crippen molar-refractivity contribution in [3.8, 4) is 0 Å². The molecule has 0 aliphatic heterocycles. The van der Waals surface area contributed by atoms with E-state index in [4.69, 9.17) is 4.52 Å². The highest BCUT2D eigenvalue weighted by molar-refractivity contribution is 7.09. The van der Waals surface area contributed by atoms with Crippen molar-refractivity contribution in [3.05, 3.63) is 63.7 Å². The molecule has 0 unspecified atom stereocenters. The van der Waals surface area contributed by atoms with Gasteiger partial charge in [-0.1, -0.05) is 42.4 Å². The Hall–Kier alpha value is -2.74. The topological polar surface area (TPSA) is 84.2 Å². The van der Waals surface area contributed by atoms with Crippen LogP contribution in [0.3, 0.4) is 0 Å². The van der Waals surface area contributed by atoms with Crippen LogP contribution in [0.5, 0.6) is 0 Å². The molecular formula is C19H23N5O2S. The molecule has 7 nitrogen and oxygen atoms in total. The van der Waals surface area contributed by atoms with Gasteiger partial charge in [-0.3, -0.25) is 0 Å². The van der Waals surface area contributed by atoms with Crippen molar-refractivity contribution >= 4 is 17.4 Å². The average molecular weight is 385 g/mol. The lowest BCUT2D eigenvalue weighted by Crippen LogP contribution is -2.39. The summed E-state index contributed by atoms with van der Waals surface area (Å²) >= 11 is 1.61. The Bertz CT molecular complexity index is 862. The number of rotatable bonds is 8. The largest absolute Gasteiger partial charge is 0.337 e. The zero-order chi connectivity index (χ0) is 19.1. The molecule has 0 aliphatic carbocycles. The van der Waals surface area contributed by atoms with Crippen LogP contribution in [-0.4, -0.2) is 32.6 Å². The summed E-state index contributed by atoms with van der Waals surface area (Å²) in [4.78, 5) is 22.9. The standard InChI is InChI=1S/C19H23N5O2S/c1-3-16-22-17(26-23-16)12-24(4-2)19(25)20-11-15-13-27-18(21-15)10-14-8-6-5-7-9-14/h5-9,13H,3-4,10-12H2,1-2H3,(H,20,25). The smallest absolute Gasteiger partial charge is 0.318 e. The van der Waals surface area contributed by atoms with E-state index in [0.717, 1.165) is 17.1 Å². The number of hydrogen-bond acceptors (Lipinski definition) is 6. The van der Waals surface area contributed by atoms with Gasteiger partial charge in [-0.05, 0) is 12.5 Å². The van der Waals surface area contributed by atoms with Gasteiger partial charge in [-0.25, -0.2) is 9.78 Å². The maximum Gasteiger partial charge on any atom is 0.318 e. The van der Waals surface area contributed by atoms with Crippen LogP contribution in [0, 0.1) is 0 Å². The summed E-state index contributed by atoms with van der Waals surface area (Å²) in [6, 6.07) is 10.1. The molecule has 0 radical (unpaired) electrons. The van der Waals surface area contributed by atoms with Gasteiger partial charge in [0.15, 0.2) is 5.82 Å². The van der Waals surface area contributed by atoms with E-state index in [9.17, 15) is 4.79 Å². The van der Waals surface area contributed by atoms with Crippen molar-refractivity contribution in [2.75, 3.05) is 6.54 Å². The molecule has 3 aromatic rings. The van der Waals surface area contributed by atoms with E-state index >= 15 is 0 Å². The summed E-state index contributed by atoms with van der Waals surface area (Å²) in [7, 11) is 0. The number of aromatic nitrogens is 3. The Balaban J connectivity index is 1.51. The Morgan fingerprint density at radius 1 is 1.22 bits per heavy atom. The molecule has 27 heavy (non-hydrogen) atoms. The fourth-order valence-corrected chi connectivity index (χ4v) is 3.38. The SMILES string of the molecule is CCc1noc(CN(CC)C(=O)NCc2csc(Cc3ccccc3)n2)n1. The first-order valence-electron chi connectivity index (χ1n) is 8.99. The van der Waals surface area contributed by atoms with Crippen LogP contribution in [0.4, 0.5) is 4.79 Å².